The fourth-order valence-corrected chi connectivity index (χ4v) is 4.06. The monoisotopic (exact) mass is 363 g/mol. The molecule has 5 heteroatoms. The maximum Gasteiger partial charge on any atom is 0.337 e. The number of nitrogens with one attached hydrogen (secondary N) is 2. The van der Waals surface area contributed by atoms with Crippen LogP contribution in [0.2, 0.25) is 0 Å². The molecule has 0 unspecified atom stereocenters. The molecular formula is C22H25N3O2. The lowest BCUT2D eigenvalue weighted by Gasteiger charge is -2.42. The van der Waals surface area contributed by atoms with Crippen LogP contribution in [-0.2, 0) is 11.3 Å². The molecule has 1 aliphatic heterocycles. The third-order valence-corrected chi connectivity index (χ3v) is 5.48. The molecule has 2 aromatic carbocycles. The number of anilines is 1. The van der Waals surface area contributed by atoms with Gasteiger partial charge in [-0.05, 0) is 42.7 Å². The Morgan fingerprint density at radius 1 is 1.15 bits per heavy atom. The van der Waals surface area contributed by atoms with Crippen LogP contribution in [0.3, 0.4) is 0 Å². The fourth-order valence-electron chi connectivity index (χ4n) is 4.06. The average molecular weight is 363 g/mol. The van der Waals surface area contributed by atoms with Crippen molar-refractivity contribution < 1.29 is 9.53 Å². The number of fused-ring (bicyclic) bond motifs is 1. The van der Waals surface area contributed by atoms with Crippen molar-refractivity contribution in [3.8, 4) is 0 Å². The van der Waals surface area contributed by atoms with Crippen LogP contribution in [-0.4, -0.2) is 24.5 Å². The second-order valence-corrected chi connectivity index (χ2v) is 7.29. The number of para-hydroxylation sites is 2. The summed E-state index contributed by atoms with van der Waals surface area (Å²) < 4.78 is 4.82. The number of ether oxygens (including phenoxy) is 1. The lowest BCUT2D eigenvalue weighted by atomic mass is 9.79. The number of nitrogens with zero attached hydrogens (tertiary/aromatic N) is 1. The molecule has 0 amide bonds. The van der Waals surface area contributed by atoms with Crippen LogP contribution >= 0.6 is 0 Å². The SMILES string of the molecule is COC(=O)c1cccc(CNC2=Nc3ccccc3NC23CCCCC3)c1. The van der Waals surface area contributed by atoms with Gasteiger partial charge in [0.05, 0.1) is 29.6 Å². The molecular weight excluding hydrogens is 338 g/mol. The van der Waals surface area contributed by atoms with Gasteiger partial charge in [0.2, 0.25) is 0 Å². The molecule has 1 spiro atoms. The van der Waals surface area contributed by atoms with E-state index in [2.05, 4.69) is 22.8 Å². The second kappa shape index (κ2) is 7.43. The summed E-state index contributed by atoms with van der Waals surface area (Å²) in [4.78, 5) is 16.7. The van der Waals surface area contributed by atoms with E-state index in [1.54, 1.807) is 6.07 Å². The van der Waals surface area contributed by atoms with Crippen molar-refractivity contribution in [2.75, 3.05) is 12.4 Å². The zero-order valence-corrected chi connectivity index (χ0v) is 15.6. The van der Waals surface area contributed by atoms with E-state index in [1.165, 1.54) is 26.4 Å². The maximum absolute atomic E-state index is 11.8. The highest BCUT2D eigenvalue weighted by molar-refractivity contribution is 6.00. The highest BCUT2D eigenvalue weighted by atomic mass is 16.5. The number of rotatable bonds is 3. The van der Waals surface area contributed by atoms with Crippen LogP contribution in [0.4, 0.5) is 11.4 Å². The third-order valence-electron chi connectivity index (χ3n) is 5.48. The van der Waals surface area contributed by atoms with E-state index in [4.69, 9.17) is 9.73 Å². The third kappa shape index (κ3) is 3.54. The largest absolute Gasteiger partial charge is 0.465 e. The van der Waals surface area contributed by atoms with Crippen molar-refractivity contribution in [1.82, 2.24) is 5.32 Å². The summed E-state index contributed by atoms with van der Waals surface area (Å²) >= 11 is 0. The van der Waals surface area contributed by atoms with Crippen LogP contribution in [0.25, 0.3) is 0 Å². The first-order valence-corrected chi connectivity index (χ1v) is 9.58. The van der Waals surface area contributed by atoms with Crippen LogP contribution < -0.4 is 10.6 Å². The molecule has 0 radical (unpaired) electrons. The minimum Gasteiger partial charge on any atom is -0.465 e. The molecule has 0 bridgehead atoms. The number of carbonyl (C=O) groups excluding carboxylic acids is 1. The van der Waals surface area contributed by atoms with E-state index in [0.29, 0.717) is 12.1 Å². The summed E-state index contributed by atoms with van der Waals surface area (Å²) in [6, 6.07) is 15.7. The van der Waals surface area contributed by atoms with Gasteiger partial charge in [0.1, 0.15) is 5.84 Å². The zero-order chi connectivity index (χ0) is 18.7. The van der Waals surface area contributed by atoms with E-state index < -0.39 is 0 Å². The van der Waals surface area contributed by atoms with Crippen molar-refractivity contribution in [3.63, 3.8) is 0 Å². The number of hydrogen-bond acceptors (Lipinski definition) is 5. The van der Waals surface area contributed by atoms with E-state index in [0.717, 1.165) is 35.6 Å². The number of methoxy groups -OCH3 is 1. The number of hydrogen-bond donors (Lipinski definition) is 2. The molecule has 2 N–H and O–H groups in total. The number of amidine groups is 1. The minimum absolute atomic E-state index is 0.118. The highest BCUT2D eigenvalue weighted by Gasteiger charge is 2.40. The molecule has 0 saturated heterocycles. The quantitative estimate of drug-likeness (QED) is 0.793. The molecule has 1 heterocycles. The van der Waals surface area contributed by atoms with Gasteiger partial charge in [-0.1, -0.05) is 43.5 Å². The Morgan fingerprint density at radius 2 is 1.96 bits per heavy atom. The van der Waals surface area contributed by atoms with E-state index in [-0.39, 0.29) is 11.5 Å². The molecule has 0 aromatic heterocycles. The summed E-state index contributed by atoms with van der Waals surface area (Å²) in [5.41, 5.74) is 3.56. The van der Waals surface area contributed by atoms with Crippen LogP contribution in [0, 0.1) is 0 Å². The summed E-state index contributed by atoms with van der Waals surface area (Å²) in [5, 5.41) is 7.33. The fraction of sp³-hybridized carbons (Fsp3) is 0.364. The predicted octanol–water partition coefficient (Wildman–Crippen LogP) is 4.42. The molecule has 27 heavy (non-hydrogen) atoms. The Kier molecular flexibility index (Phi) is 4.84. The van der Waals surface area contributed by atoms with E-state index in [9.17, 15) is 4.79 Å². The Balaban J connectivity index is 1.59. The topological polar surface area (TPSA) is 62.7 Å². The van der Waals surface area contributed by atoms with Gasteiger partial charge in [-0.15, -0.1) is 0 Å². The Morgan fingerprint density at radius 3 is 2.78 bits per heavy atom. The summed E-state index contributed by atoms with van der Waals surface area (Å²) in [7, 11) is 1.40. The minimum atomic E-state index is -0.314. The molecule has 4 rings (SSSR count). The summed E-state index contributed by atoms with van der Waals surface area (Å²) in [5.74, 6) is 0.690. The number of carbonyl (C=O) groups is 1. The average Bonchev–Trinajstić information content (AvgIpc) is 2.72. The van der Waals surface area contributed by atoms with Crippen molar-refractivity contribution in [2.45, 2.75) is 44.2 Å². The van der Waals surface area contributed by atoms with E-state index in [1.807, 2.05) is 30.3 Å². The van der Waals surface area contributed by atoms with Gasteiger partial charge in [-0.25, -0.2) is 9.79 Å². The van der Waals surface area contributed by atoms with Gasteiger partial charge >= 0.3 is 5.97 Å². The molecule has 0 atom stereocenters. The normalized spacial score (nSPS) is 17.4. The molecule has 1 aliphatic carbocycles. The first-order chi connectivity index (χ1) is 13.2. The number of benzene rings is 2. The Hall–Kier alpha value is -2.82. The maximum atomic E-state index is 11.8. The van der Waals surface area contributed by atoms with Gasteiger partial charge < -0.3 is 15.4 Å². The lowest BCUT2D eigenvalue weighted by molar-refractivity contribution is 0.0600. The van der Waals surface area contributed by atoms with Crippen molar-refractivity contribution >= 4 is 23.2 Å². The Labute approximate surface area is 159 Å². The molecule has 2 aliphatic rings. The van der Waals surface area contributed by atoms with Gasteiger partial charge in [0.25, 0.3) is 0 Å². The Bertz CT molecular complexity index is 869. The lowest BCUT2D eigenvalue weighted by Crippen LogP contribution is -2.54. The molecule has 1 fully saturated rings. The zero-order valence-electron chi connectivity index (χ0n) is 15.6. The van der Waals surface area contributed by atoms with Gasteiger partial charge in [-0.3, -0.25) is 0 Å². The van der Waals surface area contributed by atoms with Crippen molar-refractivity contribution in [2.24, 2.45) is 4.99 Å². The first kappa shape index (κ1) is 17.6. The van der Waals surface area contributed by atoms with Crippen LogP contribution in [0.1, 0.15) is 48.0 Å². The van der Waals surface area contributed by atoms with Gasteiger partial charge in [0, 0.05) is 6.54 Å². The summed E-state index contributed by atoms with van der Waals surface area (Å²) in [6.07, 6.45) is 5.84. The second-order valence-electron chi connectivity index (χ2n) is 7.29. The number of esters is 1. The first-order valence-electron chi connectivity index (χ1n) is 9.58. The molecule has 2 aromatic rings. The molecule has 5 nitrogen and oxygen atoms in total. The van der Waals surface area contributed by atoms with Crippen molar-refractivity contribution in [3.05, 3.63) is 59.7 Å². The number of aliphatic imine (C=N–C) groups is 1. The summed E-state index contributed by atoms with van der Waals surface area (Å²) in [6.45, 7) is 0.620. The van der Waals surface area contributed by atoms with E-state index >= 15 is 0 Å². The van der Waals surface area contributed by atoms with Crippen LogP contribution in [0.15, 0.2) is 53.5 Å². The molecule has 140 valence electrons. The van der Waals surface area contributed by atoms with Crippen LogP contribution in [0.5, 0.6) is 0 Å². The van der Waals surface area contributed by atoms with Gasteiger partial charge in [-0.2, -0.15) is 0 Å². The highest BCUT2D eigenvalue weighted by Crippen LogP contribution is 2.40. The standard InChI is InChI=1S/C22H25N3O2/c1-27-20(26)17-9-7-8-16(14-17)15-23-21-22(12-5-2-6-13-22)25-19-11-4-3-10-18(19)24-21/h3-4,7-11,14,25H,2,5-6,12-13,15H2,1H3,(H,23,24). The smallest absolute Gasteiger partial charge is 0.337 e. The predicted molar refractivity (Wildman–Crippen MR) is 108 cm³/mol. The van der Waals surface area contributed by atoms with Gasteiger partial charge in [0.15, 0.2) is 0 Å². The molecule has 1 saturated carbocycles. The van der Waals surface area contributed by atoms with Crippen molar-refractivity contribution in [1.29, 1.82) is 0 Å².